The van der Waals surface area contributed by atoms with Gasteiger partial charge < -0.3 is 20.7 Å². The second kappa shape index (κ2) is 11.5. The molecular weight excluding hydrogens is 360 g/mol. The van der Waals surface area contributed by atoms with Crippen LogP contribution < -0.4 is 15.8 Å². The molecular formula is C24H34N4O. The molecule has 0 atom stereocenters. The van der Waals surface area contributed by atoms with Crippen molar-refractivity contribution in [3.63, 3.8) is 0 Å². The number of nitrogens with two attached hydrogens (primary N) is 1. The maximum absolute atomic E-state index is 5.98. The van der Waals surface area contributed by atoms with E-state index < -0.39 is 0 Å². The van der Waals surface area contributed by atoms with Gasteiger partial charge in [-0.1, -0.05) is 30.3 Å². The highest BCUT2D eigenvalue weighted by atomic mass is 16.5. The average Bonchev–Trinajstić information content (AvgIpc) is 2.76. The number of benzene rings is 2. The van der Waals surface area contributed by atoms with Gasteiger partial charge in [0.25, 0.3) is 0 Å². The van der Waals surface area contributed by atoms with Gasteiger partial charge in [0.15, 0.2) is 5.96 Å². The zero-order chi connectivity index (χ0) is 20.3. The molecule has 0 aromatic heterocycles. The largest absolute Gasteiger partial charge is 0.497 e. The summed E-state index contributed by atoms with van der Waals surface area (Å²) in [7, 11) is 1.66. The van der Waals surface area contributed by atoms with E-state index in [9.17, 15) is 0 Å². The first-order chi connectivity index (χ1) is 14.2. The summed E-state index contributed by atoms with van der Waals surface area (Å²) in [5.41, 5.74) is 8.38. The molecule has 3 N–H and O–H groups in total. The number of likely N-dealkylation sites (tertiary alicyclic amines) is 1. The van der Waals surface area contributed by atoms with E-state index in [2.05, 4.69) is 45.5 Å². The third kappa shape index (κ3) is 7.42. The summed E-state index contributed by atoms with van der Waals surface area (Å²) < 4.78 is 5.16. The lowest BCUT2D eigenvalue weighted by Crippen LogP contribution is -2.35. The van der Waals surface area contributed by atoms with Gasteiger partial charge >= 0.3 is 0 Å². The van der Waals surface area contributed by atoms with E-state index in [0.29, 0.717) is 5.96 Å². The second-order valence-corrected chi connectivity index (χ2v) is 7.80. The lowest BCUT2D eigenvalue weighted by molar-refractivity contribution is 0.181. The van der Waals surface area contributed by atoms with Crippen molar-refractivity contribution in [3.05, 3.63) is 60.2 Å². The first-order valence-electron chi connectivity index (χ1n) is 10.7. The molecule has 0 aliphatic carbocycles. The predicted octanol–water partition coefficient (Wildman–Crippen LogP) is 4.16. The Kier molecular flexibility index (Phi) is 8.38. The number of piperidine rings is 1. The van der Waals surface area contributed by atoms with E-state index in [1.54, 1.807) is 7.11 Å². The molecule has 5 heteroatoms. The fraction of sp³-hybridized carbons (Fsp3) is 0.458. The van der Waals surface area contributed by atoms with Crippen LogP contribution in [0.3, 0.4) is 0 Å². The number of nitrogens with one attached hydrogen (secondary N) is 1. The van der Waals surface area contributed by atoms with Gasteiger partial charge in [-0.25, -0.2) is 0 Å². The predicted molar refractivity (Wildman–Crippen MR) is 122 cm³/mol. The number of ether oxygens (including phenoxy) is 1. The molecule has 0 amide bonds. The minimum absolute atomic E-state index is 0.469. The second-order valence-electron chi connectivity index (χ2n) is 7.80. The Morgan fingerprint density at radius 3 is 2.48 bits per heavy atom. The van der Waals surface area contributed by atoms with E-state index in [1.807, 2.05) is 24.3 Å². The van der Waals surface area contributed by atoms with Crippen molar-refractivity contribution < 1.29 is 4.74 Å². The SMILES string of the molecule is COc1ccc(NC(N)=NCCCCN2CCC(Cc3ccccc3)CC2)cc1. The molecule has 0 spiro atoms. The molecule has 29 heavy (non-hydrogen) atoms. The molecule has 1 aliphatic heterocycles. The van der Waals surface area contributed by atoms with E-state index in [1.165, 1.54) is 50.9 Å². The van der Waals surface area contributed by atoms with Crippen LogP contribution in [0.15, 0.2) is 59.6 Å². The van der Waals surface area contributed by atoms with Crippen LogP contribution >= 0.6 is 0 Å². The van der Waals surface area contributed by atoms with Crippen molar-refractivity contribution in [2.24, 2.45) is 16.6 Å². The first-order valence-corrected chi connectivity index (χ1v) is 10.7. The van der Waals surface area contributed by atoms with Gasteiger partial charge in [-0.05, 0) is 87.5 Å². The van der Waals surface area contributed by atoms with Crippen LogP contribution in [-0.4, -0.2) is 44.1 Å². The van der Waals surface area contributed by atoms with E-state index in [-0.39, 0.29) is 0 Å². The lowest BCUT2D eigenvalue weighted by atomic mass is 9.90. The third-order valence-corrected chi connectivity index (χ3v) is 5.60. The van der Waals surface area contributed by atoms with Gasteiger partial charge in [0.05, 0.1) is 7.11 Å². The van der Waals surface area contributed by atoms with Gasteiger partial charge in [0.1, 0.15) is 5.75 Å². The first kappa shape index (κ1) is 21.2. The molecule has 2 aromatic carbocycles. The maximum Gasteiger partial charge on any atom is 0.193 e. The van der Waals surface area contributed by atoms with Crippen molar-refractivity contribution in [1.82, 2.24) is 4.90 Å². The smallest absolute Gasteiger partial charge is 0.193 e. The number of hydrogen-bond donors (Lipinski definition) is 2. The van der Waals surface area contributed by atoms with Gasteiger partial charge in [0.2, 0.25) is 0 Å². The van der Waals surface area contributed by atoms with Gasteiger partial charge in [-0.2, -0.15) is 0 Å². The number of hydrogen-bond acceptors (Lipinski definition) is 3. The van der Waals surface area contributed by atoms with Crippen LogP contribution in [-0.2, 0) is 6.42 Å². The molecule has 0 bridgehead atoms. The van der Waals surface area contributed by atoms with Crippen LogP contribution in [0.5, 0.6) is 5.75 Å². The molecule has 2 aromatic rings. The summed E-state index contributed by atoms with van der Waals surface area (Å²) >= 11 is 0. The van der Waals surface area contributed by atoms with E-state index >= 15 is 0 Å². The highest BCUT2D eigenvalue weighted by molar-refractivity contribution is 5.92. The third-order valence-electron chi connectivity index (χ3n) is 5.60. The number of rotatable bonds is 9. The van der Waals surface area contributed by atoms with Gasteiger partial charge in [-0.3, -0.25) is 4.99 Å². The van der Waals surface area contributed by atoms with Crippen LogP contribution in [0.4, 0.5) is 5.69 Å². The highest BCUT2D eigenvalue weighted by Crippen LogP contribution is 2.21. The lowest BCUT2D eigenvalue weighted by Gasteiger charge is -2.32. The number of aliphatic imine (C=N–C) groups is 1. The van der Waals surface area contributed by atoms with Crippen LogP contribution in [0, 0.1) is 5.92 Å². The van der Waals surface area contributed by atoms with Crippen LogP contribution in [0.25, 0.3) is 0 Å². The van der Waals surface area contributed by atoms with Crippen molar-refractivity contribution in [1.29, 1.82) is 0 Å². The molecule has 0 radical (unpaired) electrons. The van der Waals surface area contributed by atoms with Crippen LogP contribution in [0.2, 0.25) is 0 Å². The van der Waals surface area contributed by atoms with Crippen molar-refractivity contribution in [2.45, 2.75) is 32.1 Å². The summed E-state index contributed by atoms with van der Waals surface area (Å²) in [6, 6.07) is 18.6. The molecule has 3 rings (SSSR count). The summed E-state index contributed by atoms with van der Waals surface area (Å²) in [5, 5.41) is 3.12. The van der Waals surface area contributed by atoms with E-state index in [0.717, 1.165) is 30.3 Å². The minimum Gasteiger partial charge on any atom is -0.497 e. The molecule has 0 saturated carbocycles. The highest BCUT2D eigenvalue weighted by Gasteiger charge is 2.18. The topological polar surface area (TPSA) is 62.9 Å². The molecule has 156 valence electrons. The monoisotopic (exact) mass is 394 g/mol. The van der Waals surface area contributed by atoms with Gasteiger partial charge in [0, 0.05) is 12.2 Å². The normalized spacial score (nSPS) is 16.0. The van der Waals surface area contributed by atoms with Crippen molar-refractivity contribution >= 4 is 11.6 Å². The Hall–Kier alpha value is -2.53. The zero-order valence-corrected chi connectivity index (χ0v) is 17.5. The Morgan fingerprint density at radius 1 is 1.07 bits per heavy atom. The Balaban J connectivity index is 1.27. The van der Waals surface area contributed by atoms with Crippen molar-refractivity contribution in [2.75, 3.05) is 38.6 Å². The fourth-order valence-corrected chi connectivity index (χ4v) is 3.87. The zero-order valence-electron chi connectivity index (χ0n) is 17.5. The summed E-state index contributed by atoms with van der Waals surface area (Å²) in [6.07, 6.45) is 6.08. The molecule has 5 nitrogen and oxygen atoms in total. The Morgan fingerprint density at radius 2 is 1.79 bits per heavy atom. The Bertz CT molecular complexity index is 737. The molecule has 1 saturated heterocycles. The molecule has 0 unspecified atom stereocenters. The number of anilines is 1. The quantitative estimate of drug-likeness (QED) is 0.381. The Labute approximate surface area is 175 Å². The summed E-state index contributed by atoms with van der Waals surface area (Å²) in [5.74, 6) is 2.13. The number of guanidine groups is 1. The average molecular weight is 395 g/mol. The number of methoxy groups -OCH3 is 1. The fourth-order valence-electron chi connectivity index (χ4n) is 3.87. The number of unbranched alkanes of at least 4 members (excludes halogenated alkanes) is 1. The summed E-state index contributed by atoms with van der Waals surface area (Å²) in [4.78, 5) is 7.04. The summed E-state index contributed by atoms with van der Waals surface area (Å²) in [6.45, 7) is 4.38. The van der Waals surface area contributed by atoms with Gasteiger partial charge in [-0.15, -0.1) is 0 Å². The van der Waals surface area contributed by atoms with Crippen molar-refractivity contribution in [3.8, 4) is 5.75 Å². The standard InChI is InChI=1S/C24H34N4O/c1-29-23-11-9-22(10-12-23)27-24(25)26-15-5-6-16-28-17-13-21(14-18-28)19-20-7-3-2-4-8-20/h2-4,7-12,21H,5-6,13-19H2,1H3,(H3,25,26,27). The molecule has 1 aliphatic rings. The maximum atomic E-state index is 5.98. The van der Waals surface area contributed by atoms with Crippen LogP contribution in [0.1, 0.15) is 31.2 Å². The minimum atomic E-state index is 0.469. The molecule has 1 heterocycles. The number of nitrogens with zero attached hydrogens (tertiary/aromatic N) is 2. The molecule has 1 fully saturated rings. The van der Waals surface area contributed by atoms with E-state index in [4.69, 9.17) is 10.5 Å².